The fourth-order valence-corrected chi connectivity index (χ4v) is 1.33. The van der Waals surface area contributed by atoms with Crippen LogP contribution in [0.4, 0.5) is 4.39 Å². The van der Waals surface area contributed by atoms with Crippen LogP contribution in [0.25, 0.3) is 0 Å². The Morgan fingerprint density at radius 2 is 2.25 bits per heavy atom. The molecule has 4 heteroatoms. The summed E-state index contributed by atoms with van der Waals surface area (Å²) in [6, 6.07) is 4.69. The van der Waals surface area contributed by atoms with Gasteiger partial charge in [0.25, 0.3) is 0 Å². The monoisotopic (exact) mass is 252 g/mol. The molecule has 1 N–H and O–H groups in total. The van der Waals surface area contributed by atoms with Gasteiger partial charge in [-0.25, -0.2) is 4.39 Å². The second-order valence-corrected chi connectivity index (χ2v) is 3.59. The SMILES string of the molecule is OCC(F)c1ccc(Cl)c(Br)c1. The Hall–Kier alpha value is -0.120. The van der Waals surface area contributed by atoms with Crippen molar-refractivity contribution in [1.29, 1.82) is 0 Å². The summed E-state index contributed by atoms with van der Waals surface area (Å²) in [6.45, 7) is -0.506. The van der Waals surface area contributed by atoms with Gasteiger partial charge in [0.05, 0.1) is 11.6 Å². The summed E-state index contributed by atoms with van der Waals surface area (Å²) in [6.07, 6.45) is -1.33. The number of aliphatic hydroxyl groups excluding tert-OH is 1. The number of aliphatic hydroxyl groups is 1. The lowest BCUT2D eigenvalue weighted by atomic mass is 10.1. The maximum atomic E-state index is 12.9. The molecule has 1 aromatic carbocycles. The molecule has 1 unspecified atom stereocenters. The minimum atomic E-state index is -1.33. The van der Waals surface area contributed by atoms with E-state index in [-0.39, 0.29) is 0 Å². The zero-order chi connectivity index (χ0) is 9.14. The lowest BCUT2D eigenvalue weighted by Gasteiger charge is -2.05. The third-order valence-electron chi connectivity index (χ3n) is 1.47. The van der Waals surface area contributed by atoms with E-state index >= 15 is 0 Å². The van der Waals surface area contributed by atoms with Gasteiger partial charge in [-0.05, 0) is 33.6 Å². The highest BCUT2D eigenvalue weighted by atomic mass is 79.9. The summed E-state index contributed by atoms with van der Waals surface area (Å²) in [4.78, 5) is 0. The minimum Gasteiger partial charge on any atom is -0.393 e. The summed E-state index contributed by atoms with van der Waals surface area (Å²) < 4.78 is 13.5. The van der Waals surface area contributed by atoms with E-state index in [1.807, 2.05) is 0 Å². The second-order valence-electron chi connectivity index (χ2n) is 2.32. The Labute approximate surface area is 83.3 Å². The van der Waals surface area contributed by atoms with E-state index in [0.717, 1.165) is 0 Å². The molecule has 0 bridgehead atoms. The predicted molar refractivity (Wildman–Crippen MR) is 50.1 cm³/mol. The van der Waals surface area contributed by atoms with Gasteiger partial charge in [0, 0.05) is 4.47 Å². The first kappa shape index (κ1) is 9.96. The summed E-state index contributed by atoms with van der Waals surface area (Å²) in [7, 11) is 0. The van der Waals surface area contributed by atoms with Gasteiger partial charge in [-0.2, -0.15) is 0 Å². The number of alkyl halides is 1. The minimum absolute atomic E-state index is 0.425. The topological polar surface area (TPSA) is 20.2 Å². The van der Waals surface area contributed by atoms with E-state index in [2.05, 4.69) is 15.9 Å². The molecule has 0 amide bonds. The molecule has 1 atom stereocenters. The van der Waals surface area contributed by atoms with Crippen molar-refractivity contribution < 1.29 is 9.50 Å². The molecule has 0 heterocycles. The molecule has 0 saturated carbocycles. The normalized spacial score (nSPS) is 13.0. The van der Waals surface area contributed by atoms with Crippen LogP contribution >= 0.6 is 27.5 Å². The van der Waals surface area contributed by atoms with E-state index < -0.39 is 12.8 Å². The Bertz CT molecular complexity index is 280. The zero-order valence-electron chi connectivity index (χ0n) is 6.10. The molecular formula is C8H7BrClFO. The first-order valence-electron chi connectivity index (χ1n) is 3.35. The third kappa shape index (κ3) is 2.19. The van der Waals surface area contributed by atoms with Gasteiger partial charge in [-0.1, -0.05) is 17.7 Å². The first-order chi connectivity index (χ1) is 5.65. The van der Waals surface area contributed by atoms with Crippen molar-refractivity contribution in [2.24, 2.45) is 0 Å². The molecule has 1 rings (SSSR count). The van der Waals surface area contributed by atoms with Gasteiger partial charge in [-0.3, -0.25) is 0 Å². The van der Waals surface area contributed by atoms with Crippen LogP contribution in [0.15, 0.2) is 22.7 Å². The van der Waals surface area contributed by atoms with Gasteiger partial charge in [-0.15, -0.1) is 0 Å². The third-order valence-corrected chi connectivity index (χ3v) is 2.68. The molecule has 0 spiro atoms. The summed E-state index contributed by atoms with van der Waals surface area (Å²) in [5.41, 5.74) is 0.425. The Kier molecular flexibility index (Phi) is 3.50. The molecule has 12 heavy (non-hydrogen) atoms. The molecule has 0 aromatic heterocycles. The number of benzene rings is 1. The molecule has 0 aliphatic heterocycles. The highest BCUT2D eigenvalue weighted by Crippen LogP contribution is 2.27. The zero-order valence-corrected chi connectivity index (χ0v) is 8.44. The molecule has 0 saturated heterocycles. The highest BCUT2D eigenvalue weighted by Gasteiger charge is 2.08. The Morgan fingerprint density at radius 1 is 1.58 bits per heavy atom. The van der Waals surface area contributed by atoms with Crippen LogP contribution in [-0.2, 0) is 0 Å². The summed E-state index contributed by atoms with van der Waals surface area (Å²) in [5.74, 6) is 0. The molecule has 0 aliphatic rings. The maximum absolute atomic E-state index is 12.9. The van der Waals surface area contributed by atoms with E-state index in [9.17, 15) is 4.39 Å². The van der Waals surface area contributed by atoms with E-state index in [4.69, 9.17) is 16.7 Å². The Morgan fingerprint density at radius 3 is 2.75 bits per heavy atom. The van der Waals surface area contributed by atoms with Crippen molar-refractivity contribution in [1.82, 2.24) is 0 Å². The van der Waals surface area contributed by atoms with Gasteiger partial charge in [0.2, 0.25) is 0 Å². The van der Waals surface area contributed by atoms with Crippen LogP contribution in [-0.4, -0.2) is 11.7 Å². The van der Waals surface area contributed by atoms with Crippen molar-refractivity contribution in [3.63, 3.8) is 0 Å². The van der Waals surface area contributed by atoms with E-state index in [1.54, 1.807) is 18.2 Å². The fraction of sp³-hybridized carbons (Fsp3) is 0.250. The highest BCUT2D eigenvalue weighted by molar-refractivity contribution is 9.10. The first-order valence-corrected chi connectivity index (χ1v) is 4.52. The standard InChI is InChI=1S/C8H7BrClFO/c9-6-3-5(8(11)4-12)1-2-7(6)10/h1-3,8,12H,4H2. The van der Waals surface area contributed by atoms with Crippen LogP contribution in [0, 0.1) is 0 Å². The fourth-order valence-electron chi connectivity index (χ4n) is 0.813. The average Bonchev–Trinajstić information content (AvgIpc) is 2.08. The van der Waals surface area contributed by atoms with Crippen LogP contribution in [0.1, 0.15) is 11.7 Å². The number of halogens is 3. The number of hydrogen-bond donors (Lipinski definition) is 1. The smallest absolute Gasteiger partial charge is 0.148 e. The molecular weight excluding hydrogens is 246 g/mol. The lowest BCUT2D eigenvalue weighted by Crippen LogP contribution is -1.96. The molecule has 1 nitrogen and oxygen atoms in total. The molecule has 0 aliphatic carbocycles. The van der Waals surface area contributed by atoms with Crippen molar-refractivity contribution in [2.45, 2.75) is 6.17 Å². The van der Waals surface area contributed by atoms with E-state index in [1.165, 1.54) is 0 Å². The van der Waals surface area contributed by atoms with Crippen molar-refractivity contribution >= 4 is 27.5 Å². The van der Waals surface area contributed by atoms with Crippen LogP contribution in [0.2, 0.25) is 5.02 Å². The molecule has 66 valence electrons. The van der Waals surface area contributed by atoms with Gasteiger partial charge in [0.15, 0.2) is 0 Å². The van der Waals surface area contributed by atoms with Crippen molar-refractivity contribution in [3.8, 4) is 0 Å². The molecule has 1 aromatic rings. The average molecular weight is 253 g/mol. The van der Waals surface area contributed by atoms with Gasteiger partial charge in [0.1, 0.15) is 6.17 Å². The Balaban J connectivity index is 2.96. The summed E-state index contributed by atoms with van der Waals surface area (Å²) in [5, 5.41) is 9.06. The second kappa shape index (κ2) is 4.21. The quantitative estimate of drug-likeness (QED) is 0.859. The largest absolute Gasteiger partial charge is 0.393 e. The lowest BCUT2D eigenvalue weighted by molar-refractivity contribution is 0.180. The van der Waals surface area contributed by atoms with Gasteiger partial charge >= 0.3 is 0 Å². The number of rotatable bonds is 2. The summed E-state index contributed by atoms with van der Waals surface area (Å²) >= 11 is 8.86. The maximum Gasteiger partial charge on any atom is 0.148 e. The molecule has 0 radical (unpaired) electrons. The van der Waals surface area contributed by atoms with Crippen molar-refractivity contribution in [3.05, 3.63) is 33.3 Å². The van der Waals surface area contributed by atoms with E-state index in [0.29, 0.717) is 15.1 Å². The number of hydrogen-bond acceptors (Lipinski definition) is 1. The van der Waals surface area contributed by atoms with Crippen LogP contribution in [0.5, 0.6) is 0 Å². The van der Waals surface area contributed by atoms with Crippen LogP contribution < -0.4 is 0 Å². The van der Waals surface area contributed by atoms with Crippen molar-refractivity contribution in [2.75, 3.05) is 6.61 Å². The predicted octanol–water partition coefficient (Wildman–Crippen LogP) is 3.11. The van der Waals surface area contributed by atoms with Gasteiger partial charge < -0.3 is 5.11 Å². The molecule has 0 fully saturated rings. The van der Waals surface area contributed by atoms with Crippen LogP contribution in [0.3, 0.4) is 0 Å².